The van der Waals surface area contributed by atoms with E-state index in [-0.39, 0.29) is 11.8 Å². The van der Waals surface area contributed by atoms with E-state index in [0.717, 1.165) is 29.7 Å². The number of amides is 1. The molecule has 0 saturated heterocycles. The number of carbonyl (C=O) groups excluding carboxylic acids is 1. The number of aromatic nitrogens is 1. The van der Waals surface area contributed by atoms with Crippen molar-refractivity contribution < 1.29 is 14.6 Å². The van der Waals surface area contributed by atoms with Gasteiger partial charge in [0.2, 0.25) is 0 Å². The molecule has 6 heteroatoms. The summed E-state index contributed by atoms with van der Waals surface area (Å²) in [5.41, 5.74) is 2.85. The van der Waals surface area contributed by atoms with E-state index in [1.165, 1.54) is 16.3 Å². The van der Waals surface area contributed by atoms with Crippen LogP contribution in [-0.2, 0) is 9.53 Å². The van der Waals surface area contributed by atoms with Crippen molar-refractivity contribution in [2.45, 2.75) is 87.7 Å². The molecule has 218 valence electrons. The molecule has 0 fully saturated rings. The molecule has 0 saturated carbocycles. The Bertz CT molecular complexity index is 1210. The van der Waals surface area contributed by atoms with Gasteiger partial charge in [0.15, 0.2) is 5.76 Å². The lowest BCUT2D eigenvalue weighted by atomic mass is 9.86. The molecule has 40 heavy (non-hydrogen) atoms. The van der Waals surface area contributed by atoms with E-state index in [4.69, 9.17) is 4.74 Å². The number of hydrogen-bond donors (Lipinski definition) is 1. The fourth-order valence-electron chi connectivity index (χ4n) is 4.95. The molecular weight excluding hydrogens is 498 g/mol. The Kier molecular flexibility index (Phi) is 12.3. The highest BCUT2D eigenvalue weighted by atomic mass is 16.5. The number of aliphatic hydroxyl groups is 1. The number of pyridine rings is 1. The number of hydrogen-bond acceptors (Lipinski definition) is 5. The molecule has 1 aliphatic rings. The van der Waals surface area contributed by atoms with Crippen LogP contribution in [0.5, 0.6) is 0 Å². The third-order valence-electron chi connectivity index (χ3n) is 6.91. The summed E-state index contributed by atoms with van der Waals surface area (Å²) >= 11 is 0. The van der Waals surface area contributed by atoms with Crippen molar-refractivity contribution in [1.82, 2.24) is 9.88 Å². The normalized spacial score (nSPS) is 16.6. The zero-order chi connectivity index (χ0) is 30.0. The molecule has 2 heterocycles. The second-order valence-electron chi connectivity index (χ2n) is 11.5. The SMILES string of the molecule is CCC=NC1=C(C(C)C)C(C)CN(C(=O)C(O/C(=C(/C)CC)C(C)(C)O)=C(C)C)C1.c1ccc2cnccc2c1. The fraction of sp³-hybridized carbons (Fsp3) is 0.500. The summed E-state index contributed by atoms with van der Waals surface area (Å²) < 4.78 is 6.13. The third kappa shape index (κ3) is 8.88. The summed E-state index contributed by atoms with van der Waals surface area (Å²) in [6, 6.07) is 10.2. The highest BCUT2D eigenvalue weighted by molar-refractivity contribution is 5.92. The average molecular weight is 548 g/mol. The summed E-state index contributed by atoms with van der Waals surface area (Å²) in [4.78, 5) is 24.0. The molecule has 0 aliphatic carbocycles. The predicted molar refractivity (Wildman–Crippen MR) is 167 cm³/mol. The number of fused-ring (bicyclic) bond motifs is 1. The molecule has 2 aromatic rings. The molecular formula is C34H49N3O3. The maximum Gasteiger partial charge on any atom is 0.289 e. The molecule has 0 radical (unpaired) electrons. The molecule has 1 aromatic heterocycles. The van der Waals surface area contributed by atoms with Gasteiger partial charge in [-0.25, -0.2) is 0 Å². The predicted octanol–water partition coefficient (Wildman–Crippen LogP) is 7.86. The van der Waals surface area contributed by atoms with Gasteiger partial charge in [-0.15, -0.1) is 0 Å². The first-order valence-corrected chi connectivity index (χ1v) is 14.4. The van der Waals surface area contributed by atoms with Gasteiger partial charge < -0.3 is 14.7 Å². The zero-order valence-corrected chi connectivity index (χ0v) is 26.2. The van der Waals surface area contributed by atoms with Crippen molar-refractivity contribution in [2.75, 3.05) is 13.1 Å². The van der Waals surface area contributed by atoms with Crippen LogP contribution in [0.15, 0.2) is 81.7 Å². The van der Waals surface area contributed by atoms with Gasteiger partial charge in [-0.1, -0.05) is 58.9 Å². The van der Waals surface area contributed by atoms with Crippen LogP contribution in [-0.4, -0.2) is 45.8 Å². The summed E-state index contributed by atoms with van der Waals surface area (Å²) in [6.07, 6.45) is 7.18. The number of carbonyl (C=O) groups is 1. The minimum absolute atomic E-state index is 0.153. The van der Waals surface area contributed by atoms with Crippen LogP contribution < -0.4 is 0 Å². The maximum absolute atomic E-state index is 13.5. The lowest BCUT2D eigenvalue weighted by Crippen LogP contribution is -2.43. The Labute approximate surface area is 241 Å². The van der Waals surface area contributed by atoms with E-state index < -0.39 is 5.60 Å². The van der Waals surface area contributed by atoms with Crippen LogP contribution >= 0.6 is 0 Å². The Balaban J connectivity index is 0.000000460. The maximum atomic E-state index is 13.5. The summed E-state index contributed by atoms with van der Waals surface area (Å²) in [6.45, 7) is 20.7. The molecule has 1 aliphatic heterocycles. The number of aliphatic imine (C=N–C) groups is 1. The van der Waals surface area contributed by atoms with E-state index in [1.807, 2.05) is 69.4 Å². The highest BCUT2D eigenvalue weighted by Gasteiger charge is 2.33. The number of nitrogens with zero attached hydrogens (tertiary/aromatic N) is 3. The van der Waals surface area contributed by atoms with E-state index in [0.29, 0.717) is 30.5 Å². The van der Waals surface area contributed by atoms with E-state index in [2.05, 4.69) is 49.8 Å². The minimum Gasteiger partial charge on any atom is -0.453 e. The molecule has 0 bridgehead atoms. The van der Waals surface area contributed by atoms with Crippen LogP contribution in [0.25, 0.3) is 10.8 Å². The molecule has 6 nitrogen and oxygen atoms in total. The number of ether oxygens (including phenoxy) is 1. The molecule has 1 atom stereocenters. The van der Waals surface area contributed by atoms with Crippen LogP contribution in [0.4, 0.5) is 0 Å². The first-order chi connectivity index (χ1) is 18.8. The van der Waals surface area contributed by atoms with Gasteiger partial charge in [0.25, 0.3) is 5.91 Å². The molecule has 1 unspecified atom stereocenters. The molecule has 3 rings (SSSR count). The second-order valence-corrected chi connectivity index (χ2v) is 11.5. The van der Waals surface area contributed by atoms with Gasteiger partial charge in [-0.05, 0) is 92.9 Å². The van der Waals surface area contributed by atoms with Crippen LogP contribution in [0.3, 0.4) is 0 Å². The average Bonchev–Trinajstić information content (AvgIpc) is 2.90. The monoisotopic (exact) mass is 547 g/mol. The van der Waals surface area contributed by atoms with Crippen LogP contribution in [0.2, 0.25) is 0 Å². The summed E-state index contributed by atoms with van der Waals surface area (Å²) in [5, 5.41) is 13.1. The lowest BCUT2D eigenvalue weighted by Gasteiger charge is -2.36. The molecule has 1 amide bonds. The quantitative estimate of drug-likeness (QED) is 0.207. The standard InChI is InChI=1S/C25H42N2O3.C9H7N/c1-11-13-26-20-15-27(14-19(8)21(20)16(3)4)24(28)22(17(5)6)30-23(18(7)12-2)25(9,10)29;1-2-4-9-7-10-6-5-8(9)3-1/h13,16,19,29H,11-12,14-15H2,1-10H3;1-7H/b23-18-,26-13?;. The van der Waals surface area contributed by atoms with Gasteiger partial charge >= 0.3 is 0 Å². The van der Waals surface area contributed by atoms with E-state index in [9.17, 15) is 9.90 Å². The van der Waals surface area contributed by atoms with Gasteiger partial charge in [-0.3, -0.25) is 14.8 Å². The number of benzene rings is 1. The van der Waals surface area contributed by atoms with Crippen molar-refractivity contribution in [3.8, 4) is 0 Å². The van der Waals surface area contributed by atoms with Gasteiger partial charge in [0.05, 0.1) is 12.2 Å². The second kappa shape index (κ2) is 14.9. The largest absolute Gasteiger partial charge is 0.453 e. The molecule has 1 aromatic carbocycles. The Morgan fingerprint density at radius 1 is 1.18 bits per heavy atom. The van der Waals surface area contributed by atoms with Crippen molar-refractivity contribution >= 4 is 22.9 Å². The first kappa shape index (κ1) is 33.0. The van der Waals surface area contributed by atoms with E-state index in [1.54, 1.807) is 13.8 Å². The molecule has 0 spiro atoms. The fourth-order valence-corrected chi connectivity index (χ4v) is 4.95. The molecule has 1 N–H and O–H groups in total. The Hall–Kier alpha value is -3.25. The Morgan fingerprint density at radius 3 is 2.35 bits per heavy atom. The van der Waals surface area contributed by atoms with Crippen molar-refractivity contribution in [3.05, 3.63) is 76.7 Å². The third-order valence-corrected chi connectivity index (χ3v) is 6.91. The summed E-state index contributed by atoms with van der Waals surface area (Å²) in [5.74, 6) is 1.20. The van der Waals surface area contributed by atoms with Gasteiger partial charge in [-0.2, -0.15) is 0 Å². The Morgan fingerprint density at radius 2 is 1.82 bits per heavy atom. The smallest absolute Gasteiger partial charge is 0.289 e. The van der Waals surface area contributed by atoms with Crippen LogP contribution in [0.1, 0.15) is 82.1 Å². The van der Waals surface area contributed by atoms with Gasteiger partial charge in [0, 0.05) is 25.2 Å². The van der Waals surface area contributed by atoms with Crippen molar-refractivity contribution in [2.24, 2.45) is 16.8 Å². The van der Waals surface area contributed by atoms with Gasteiger partial charge in [0.1, 0.15) is 11.4 Å². The number of allylic oxidation sites excluding steroid dienone is 2. The van der Waals surface area contributed by atoms with E-state index >= 15 is 0 Å². The first-order valence-electron chi connectivity index (χ1n) is 14.4. The number of rotatable bonds is 8. The lowest BCUT2D eigenvalue weighted by molar-refractivity contribution is -0.131. The topological polar surface area (TPSA) is 75.0 Å². The summed E-state index contributed by atoms with van der Waals surface area (Å²) in [7, 11) is 0. The van der Waals surface area contributed by atoms with Crippen LogP contribution in [0, 0.1) is 11.8 Å². The minimum atomic E-state index is -1.17. The zero-order valence-electron chi connectivity index (χ0n) is 26.2. The highest BCUT2D eigenvalue weighted by Crippen LogP contribution is 2.32. The van der Waals surface area contributed by atoms with Crippen molar-refractivity contribution in [3.63, 3.8) is 0 Å². The van der Waals surface area contributed by atoms with Crippen molar-refractivity contribution in [1.29, 1.82) is 0 Å².